The molecule has 0 bridgehead atoms. The molecule has 0 radical (unpaired) electrons. The predicted molar refractivity (Wildman–Crippen MR) is 108 cm³/mol. The number of rotatable bonds is 5. The highest BCUT2D eigenvalue weighted by Crippen LogP contribution is 2.38. The fourth-order valence-corrected chi connectivity index (χ4v) is 3.63. The maximum Gasteiger partial charge on any atom is 0.241 e. The summed E-state index contributed by atoms with van der Waals surface area (Å²) < 4.78 is 12.6. The summed E-state index contributed by atoms with van der Waals surface area (Å²) in [6.07, 6.45) is 5.63. The van der Waals surface area contributed by atoms with E-state index in [1.165, 1.54) is 0 Å². The van der Waals surface area contributed by atoms with Crippen molar-refractivity contribution in [3.63, 3.8) is 0 Å². The molecule has 1 aliphatic heterocycles. The van der Waals surface area contributed by atoms with Crippen LogP contribution in [-0.4, -0.2) is 42.1 Å². The summed E-state index contributed by atoms with van der Waals surface area (Å²) in [6, 6.07) is 7.08. The molecule has 2 aromatic heterocycles. The standard InChI is InChI=1S/C20H21ClN4O3/c1-27-17-10-18(28-2)14(21)9-13(17)16-11-25-7-5-12(8-19(25)24-16)23-20(26)15-4-3-6-22-15/h5,7-11,15,22H,3-4,6H2,1-2H3,(H,23,26). The maximum absolute atomic E-state index is 12.3. The summed E-state index contributed by atoms with van der Waals surface area (Å²) in [5.74, 6) is 1.14. The lowest BCUT2D eigenvalue weighted by molar-refractivity contribution is -0.117. The predicted octanol–water partition coefficient (Wildman–Crippen LogP) is 3.36. The van der Waals surface area contributed by atoms with Crippen molar-refractivity contribution in [3.05, 3.63) is 41.7 Å². The second kappa shape index (κ2) is 7.69. The van der Waals surface area contributed by atoms with Crippen molar-refractivity contribution in [3.8, 4) is 22.8 Å². The Hall–Kier alpha value is -2.77. The molecule has 3 aromatic rings. The molecule has 4 rings (SSSR count). The van der Waals surface area contributed by atoms with Crippen LogP contribution in [0.3, 0.4) is 0 Å². The average Bonchev–Trinajstić information content (AvgIpc) is 3.37. The van der Waals surface area contributed by atoms with Crippen molar-refractivity contribution in [2.45, 2.75) is 18.9 Å². The largest absolute Gasteiger partial charge is 0.496 e. The number of carbonyl (C=O) groups is 1. The summed E-state index contributed by atoms with van der Waals surface area (Å²) in [5, 5.41) is 6.63. The molecule has 1 amide bonds. The lowest BCUT2D eigenvalue weighted by Crippen LogP contribution is -2.35. The number of ether oxygens (including phenoxy) is 2. The Morgan fingerprint density at radius 1 is 1.29 bits per heavy atom. The lowest BCUT2D eigenvalue weighted by atomic mass is 10.1. The second-order valence-electron chi connectivity index (χ2n) is 6.63. The monoisotopic (exact) mass is 400 g/mol. The van der Waals surface area contributed by atoms with E-state index in [-0.39, 0.29) is 11.9 Å². The van der Waals surface area contributed by atoms with E-state index >= 15 is 0 Å². The van der Waals surface area contributed by atoms with E-state index in [4.69, 9.17) is 21.1 Å². The summed E-state index contributed by atoms with van der Waals surface area (Å²) in [7, 11) is 3.15. The Morgan fingerprint density at radius 2 is 2.11 bits per heavy atom. The molecule has 0 aliphatic carbocycles. The summed E-state index contributed by atoms with van der Waals surface area (Å²) in [6.45, 7) is 0.882. The van der Waals surface area contributed by atoms with Crippen molar-refractivity contribution in [1.82, 2.24) is 14.7 Å². The Kier molecular flexibility index (Phi) is 5.11. The number of benzene rings is 1. The number of halogens is 1. The fraction of sp³-hybridized carbons (Fsp3) is 0.300. The van der Waals surface area contributed by atoms with Gasteiger partial charge in [0.05, 0.1) is 31.0 Å². The van der Waals surface area contributed by atoms with Gasteiger partial charge < -0.3 is 24.5 Å². The van der Waals surface area contributed by atoms with Gasteiger partial charge in [-0.05, 0) is 31.5 Å². The molecule has 1 aliphatic rings. The zero-order valence-electron chi connectivity index (χ0n) is 15.7. The van der Waals surface area contributed by atoms with Gasteiger partial charge in [0.2, 0.25) is 5.91 Å². The Morgan fingerprint density at radius 3 is 2.82 bits per heavy atom. The molecular formula is C20H21ClN4O3. The number of anilines is 1. The minimum atomic E-state index is -0.128. The van der Waals surface area contributed by atoms with E-state index in [9.17, 15) is 4.79 Å². The molecule has 8 heteroatoms. The van der Waals surface area contributed by atoms with Gasteiger partial charge in [0, 0.05) is 35.8 Å². The van der Waals surface area contributed by atoms with Gasteiger partial charge in [-0.15, -0.1) is 0 Å². The van der Waals surface area contributed by atoms with E-state index < -0.39 is 0 Å². The Bertz CT molecular complexity index is 1030. The van der Waals surface area contributed by atoms with Gasteiger partial charge in [0.25, 0.3) is 0 Å². The van der Waals surface area contributed by atoms with Gasteiger partial charge in [-0.25, -0.2) is 4.98 Å². The van der Waals surface area contributed by atoms with Crippen LogP contribution < -0.4 is 20.1 Å². The first-order valence-corrected chi connectivity index (χ1v) is 9.41. The zero-order chi connectivity index (χ0) is 19.7. The molecule has 0 saturated carbocycles. The molecule has 1 aromatic carbocycles. The molecule has 3 heterocycles. The van der Waals surface area contributed by atoms with E-state index in [1.54, 1.807) is 26.4 Å². The first-order valence-electron chi connectivity index (χ1n) is 9.04. The van der Waals surface area contributed by atoms with E-state index in [0.717, 1.165) is 24.9 Å². The number of fused-ring (bicyclic) bond motifs is 1. The number of imidazole rings is 1. The number of hydrogen-bond acceptors (Lipinski definition) is 5. The number of nitrogens with zero attached hydrogens (tertiary/aromatic N) is 2. The van der Waals surface area contributed by atoms with Crippen LogP contribution in [0.1, 0.15) is 12.8 Å². The molecular weight excluding hydrogens is 380 g/mol. The molecule has 0 spiro atoms. The van der Waals surface area contributed by atoms with E-state index in [1.807, 2.05) is 28.9 Å². The van der Waals surface area contributed by atoms with Gasteiger partial charge in [-0.1, -0.05) is 11.6 Å². The number of methoxy groups -OCH3 is 2. The van der Waals surface area contributed by atoms with Crippen LogP contribution in [0.4, 0.5) is 5.69 Å². The number of nitrogens with one attached hydrogen (secondary N) is 2. The highest BCUT2D eigenvalue weighted by atomic mass is 35.5. The highest BCUT2D eigenvalue weighted by molar-refractivity contribution is 6.32. The van der Waals surface area contributed by atoms with Gasteiger partial charge in [-0.2, -0.15) is 0 Å². The second-order valence-corrected chi connectivity index (χ2v) is 7.04. The van der Waals surface area contributed by atoms with Crippen LogP contribution in [0.2, 0.25) is 5.02 Å². The van der Waals surface area contributed by atoms with E-state index in [0.29, 0.717) is 33.6 Å². The van der Waals surface area contributed by atoms with Crippen molar-refractivity contribution < 1.29 is 14.3 Å². The van der Waals surface area contributed by atoms with E-state index in [2.05, 4.69) is 15.6 Å². The van der Waals surface area contributed by atoms with Crippen LogP contribution in [0.25, 0.3) is 16.9 Å². The highest BCUT2D eigenvalue weighted by Gasteiger charge is 2.22. The molecule has 1 atom stereocenters. The maximum atomic E-state index is 12.3. The van der Waals surface area contributed by atoms with Crippen LogP contribution in [0, 0.1) is 0 Å². The van der Waals surface area contributed by atoms with Crippen molar-refractivity contribution in [2.24, 2.45) is 0 Å². The first-order chi connectivity index (χ1) is 13.6. The quantitative estimate of drug-likeness (QED) is 0.686. The van der Waals surface area contributed by atoms with Crippen LogP contribution in [-0.2, 0) is 4.79 Å². The summed E-state index contributed by atoms with van der Waals surface area (Å²) in [4.78, 5) is 17.0. The van der Waals surface area contributed by atoms with Gasteiger partial charge in [0.15, 0.2) is 0 Å². The number of carbonyl (C=O) groups excluding carboxylic acids is 1. The minimum absolute atomic E-state index is 0.0164. The number of pyridine rings is 1. The van der Waals surface area contributed by atoms with Gasteiger partial charge in [0.1, 0.15) is 17.1 Å². The number of amides is 1. The molecule has 1 unspecified atom stereocenters. The van der Waals surface area contributed by atoms with Gasteiger partial charge in [-0.3, -0.25) is 4.79 Å². The van der Waals surface area contributed by atoms with Crippen LogP contribution in [0.5, 0.6) is 11.5 Å². The van der Waals surface area contributed by atoms with Crippen LogP contribution in [0.15, 0.2) is 36.7 Å². The molecule has 7 nitrogen and oxygen atoms in total. The SMILES string of the molecule is COc1cc(OC)c(-c2cn3ccc(NC(=O)C4CCCN4)cc3n2)cc1Cl. The molecule has 1 fully saturated rings. The van der Waals surface area contributed by atoms with Crippen molar-refractivity contribution in [1.29, 1.82) is 0 Å². The molecule has 2 N–H and O–H groups in total. The summed E-state index contributed by atoms with van der Waals surface area (Å²) in [5.41, 5.74) is 2.89. The topological polar surface area (TPSA) is 76.9 Å². The zero-order valence-corrected chi connectivity index (χ0v) is 16.4. The molecule has 146 valence electrons. The van der Waals surface area contributed by atoms with Crippen molar-refractivity contribution in [2.75, 3.05) is 26.1 Å². The molecule has 28 heavy (non-hydrogen) atoms. The first kappa shape index (κ1) is 18.6. The smallest absolute Gasteiger partial charge is 0.241 e. The fourth-order valence-electron chi connectivity index (χ4n) is 3.39. The minimum Gasteiger partial charge on any atom is -0.496 e. The summed E-state index contributed by atoms with van der Waals surface area (Å²) >= 11 is 6.28. The average molecular weight is 401 g/mol. The molecule has 1 saturated heterocycles. The van der Waals surface area contributed by atoms with Crippen LogP contribution >= 0.6 is 11.6 Å². The number of aromatic nitrogens is 2. The Labute approximate surface area is 167 Å². The third kappa shape index (κ3) is 3.50. The third-order valence-electron chi connectivity index (χ3n) is 4.85. The third-order valence-corrected chi connectivity index (χ3v) is 5.15. The normalized spacial score (nSPS) is 16.3. The number of hydrogen-bond donors (Lipinski definition) is 2. The Balaban J connectivity index is 1.65. The van der Waals surface area contributed by atoms with Gasteiger partial charge >= 0.3 is 0 Å². The van der Waals surface area contributed by atoms with Crippen molar-refractivity contribution >= 4 is 28.8 Å². The lowest BCUT2D eigenvalue weighted by Gasteiger charge is -2.11.